The Bertz CT molecular complexity index is 509. The number of terminal acetylenes is 1. The molecule has 0 aliphatic heterocycles. The lowest BCUT2D eigenvalue weighted by molar-refractivity contribution is 0.0507. The van der Waals surface area contributed by atoms with E-state index in [1.807, 2.05) is 0 Å². The molecule has 0 fully saturated rings. The van der Waals surface area contributed by atoms with Crippen molar-refractivity contribution in [3.05, 3.63) is 29.3 Å². The van der Waals surface area contributed by atoms with Crippen LogP contribution in [0.5, 0.6) is 5.75 Å². The zero-order valence-electron chi connectivity index (χ0n) is 11.7. The topological polar surface area (TPSA) is 58.6 Å². The maximum atomic E-state index is 11.6. The van der Waals surface area contributed by atoms with Gasteiger partial charge in [0.05, 0.1) is 6.04 Å². The lowest BCUT2D eigenvalue weighted by Crippen LogP contribution is -2.34. The molecule has 4 nitrogen and oxygen atoms in total. The number of hydrogen-bond donors (Lipinski definition) is 2. The number of hydrogen-bond acceptors (Lipinski definition) is 3. The van der Waals surface area contributed by atoms with Crippen molar-refractivity contribution in [3.8, 4) is 18.1 Å². The van der Waals surface area contributed by atoms with Crippen LogP contribution in [0.1, 0.15) is 44.9 Å². The second kappa shape index (κ2) is 5.66. The highest BCUT2D eigenvalue weighted by Crippen LogP contribution is 2.25. The molecule has 1 aromatic rings. The van der Waals surface area contributed by atoms with Gasteiger partial charge in [0.25, 0.3) is 0 Å². The number of aromatic hydroxyl groups is 1. The summed E-state index contributed by atoms with van der Waals surface area (Å²) >= 11 is 0. The molecule has 2 N–H and O–H groups in total. The van der Waals surface area contributed by atoms with E-state index >= 15 is 0 Å². The average Bonchev–Trinajstić information content (AvgIpc) is 2.25. The minimum atomic E-state index is -0.556. The molecule has 1 rings (SSSR count). The number of amides is 1. The number of alkyl carbamates (subject to hydrolysis) is 1. The maximum Gasteiger partial charge on any atom is 0.408 e. The SMILES string of the molecule is C#Cc1ccc([C@H](C)NC(=O)OC(C)(C)C)c(O)c1. The van der Waals surface area contributed by atoms with Crippen molar-refractivity contribution in [1.82, 2.24) is 5.32 Å². The number of ether oxygens (including phenoxy) is 1. The summed E-state index contributed by atoms with van der Waals surface area (Å²) in [6.45, 7) is 7.12. The van der Waals surface area contributed by atoms with Gasteiger partial charge >= 0.3 is 6.09 Å². The van der Waals surface area contributed by atoms with Gasteiger partial charge in [-0.1, -0.05) is 12.0 Å². The molecule has 1 amide bonds. The molecule has 0 aliphatic carbocycles. The van der Waals surface area contributed by atoms with Gasteiger partial charge in [0.15, 0.2) is 0 Å². The lowest BCUT2D eigenvalue weighted by atomic mass is 10.0. The van der Waals surface area contributed by atoms with Gasteiger partial charge in [0.1, 0.15) is 11.4 Å². The van der Waals surface area contributed by atoms with E-state index in [1.165, 1.54) is 6.07 Å². The highest BCUT2D eigenvalue weighted by atomic mass is 16.6. The van der Waals surface area contributed by atoms with Crippen LogP contribution >= 0.6 is 0 Å². The molecule has 102 valence electrons. The molecular weight excluding hydrogens is 242 g/mol. The van der Waals surface area contributed by atoms with E-state index in [9.17, 15) is 9.90 Å². The van der Waals surface area contributed by atoms with Crippen LogP contribution in [0.2, 0.25) is 0 Å². The van der Waals surface area contributed by atoms with Crippen molar-refractivity contribution < 1.29 is 14.6 Å². The van der Waals surface area contributed by atoms with Crippen LogP contribution in [0.4, 0.5) is 4.79 Å². The predicted molar refractivity (Wildman–Crippen MR) is 73.8 cm³/mol. The van der Waals surface area contributed by atoms with E-state index < -0.39 is 11.7 Å². The Morgan fingerprint density at radius 3 is 2.58 bits per heavy atom. The Balaban J connectivity index is 2.76. The Hall–Kier alpha value is -2.15. The van der Waals surface area contributed by atoms with Crippen LogP contribution in [0.25, 0.3) is 0 Å². The van der Waals surface area contributed by atoms with E-state index in [0.717, 1.165) is 0 Å². The minimum absolute atomic E-state index is 0.0546. The largest absolute Gasteiger partial charge is 0.508 e. The summed E-state index contributed by atoms with van der Waals surface area (Å²) in [5.74, 6) is 2.49. The molecule has 0 saturated carbocycles. The van der Waals surface area contributed by atoms with Crippen LogP contribution in [0.3, 0.4) is 0 Å². The molecule has 1 aromatic carbocycles. The van der Waals surface area contributed by atoms with Crippen LogP contribution < -0.4 is 5.32 Å². The molecule has 19 heavy (non-hydrogen) atoms. The summed E-state index contributed by atoms with van der Waals surface area (Å²) in [4.78, 5) is 11.6. The van der Waals surface area contributed by atoms with Gasteiger partial charge < -0.3 is 15.2 Å². The van der Waals surface area contributed by atoms with Crippen molar-refractivity contribution >= 4 is 6.09 Å². The Morgan fingerprint density at radius 1 is 1.47 bits per heavy atom. The normalized spacial score (nSPS) is 12.4. The van der Waals surface area contributed by atoms with Gasteiger partial charge in [-0.25, -0.2) is 4.79 Å². The first-order valence-corrected chi connectivity index (χ1v) is 6.02. The first-order chi connectivity index (χ1) is 8.73. The molecule has 0 saturated heterocycles. The molecule has 4 heteroatoms. The molecule has 0 aromatic heterocycles. The number of phenolic OH excluding ortho intramolecular Hbond substituents is 1. The monoisotopic (exact) mass is 261 g/mol. The summed E-state index contributed by atoms with van der Waals surface area (Å²) in [7, 11) is 0. The number of phenols is 1. The summed E-state index contributed by atoms with van der Waals surface area (Å²) in [6.07, 6.45) is 4.72. The fourth-order valence-electron chi connectivity index (χ4n) is 1.56. The van der Waals surface area contributed by atoms with Gasteiger partial charge in [0.2, 0.25) is 0 Å². The second-order valence-electron chi connectivity index (χ2n) is 5.29. The Kier molecular flexibility index (Phi) is 4.44. The third-order valence-corrected chi connectivity index (χ3v) is 2.40. The first-order valence-electron chi connectivity index (χ1n) is 6.02. The summed E-state index contributed by atoms with van der Waals surface area (Å²) in [5.41, 5.74) is 0.620. The maximum absolute atomic E-state index is 11.6. The molecule has 0 spiro atoms. The number of nitrogens with one attached hydrogen (secondary N) is 1. The van der Waals surface area contributed by atoms with Crippen LogP contribution in [-0.4, -0.2) is 16.8 Å². The standard InChI is InChI=1S/C15H19NO3/c1-6-11-7-8-12(13(17)9-11)10(2)16-14(18)19-15(3,4)5/h1,7-10,17H,2-5H3,(H,16,18)/t10-/m0/s1. The quantitative estimate of drug-likeness (QED) is 0.805. The zero-order valence-corrected chi connectivity index (χ0v) is 11.7. The highest BCUT2D eigenvalue weighted by molar-refractivity contribution is 5.68. The smallest absolute Gasteiger partial charge is 0.408 e. The molecular formula is C15H19NO3. The minimum Gasteiger partial charge on any atom is -0.508 e. The molecule has 0 heterocycles. The third-order valence-electron chi connectivity index (χ3n) is 2.40. The van der Waals surface area contributed by atoms with E-state index in [0.29, 0.717) is 11.1 Å². The van der Waals surface area contributed by atoms with Gasteiger partial charge in [-0.3, -0.25) is 0 Å². The number of rotatable bonds is 2. The van der Waals surface area contributed by atoms with Gasteiger partial charge in [-0.2, -0.15) is 0 Å². The summed E-state index contributed by atoms with van der Waals surface area (Å²) < 4.78 is 5.15. The highest BCUT2D eigenvalue weighted by Gasteiger charge is 2.19. The first kappa shape index (κ1) is 14.9. The van der Waals surface area contributed by atoms with Crippen molar-refractivity contribution in [2.45, 2.75) is 39.3 Å². The fourth-order valence-corrected chi connectivity index (χ4v) is 1.56. The van der Waals surface area contributed by atoms with Crippen LogP contribution in [0.15, 0.2) is 18.2 Å². The van der Waals surface area contributed by atoms with E-state index in [-0.39, 0.29) is 11.8 Å². The average molecular weight is 261 g/mol. The third kappa shape index (κ3) is 4.55. The van der Waals surface area contributed by atoms with E-state index in [1.54, 1.807) is 39.8 Å². The van der Waals surface area contributed by atoms with Gasteiger partial charge in [-0.15, -0.1) is 6.42 Å². The van der Waals surface area contributed by atoms with Crippen LogP contribution in [-0.2, 0) is 4.74 Å². The predicted octanol–water partition coefficient (Wildman–Crippen LogP) is 2.96. The zero-order chi connectivity index (χ0) is 14.6. The Morgan fingerprint density at radius 2 is 2.11 bits per heavy atom. The van der Waals surface area contributed by atoms with E-state index in [2.05, 4.69) is 11.2 Å². The van der Waals surface area contributed by atoms with E-state index in [4.69, 9.17) is 11.2 Å². The van der Waals surface area contributed by atoms with Crippen LogP contribution in [0, 0.1) is 12.3 Å². The van der Waals surface area contributed by atoms with Crippen molar-refractivity contribution in [3.63, 3.8) is 0 Å². The second-order valence-corrected chi connectivity index (χ2v) is 5.29. The fraction of sp³-hybridized carbons (Fsp3) is 0.400. The molecule has 0 radical (unpaired) electrons. The molecule has 0 unspecified atom stereocenters. The number of carbonyl (C=O) groups excluding carboxylic acids is 1. The lowest BCUT2D eigenvalue weighted by Gasteiger charge is -2.22. The van der Waals surface area contributed by atoms with Gasteiger partial charge in [-0.05, 0) is 39.8 Å². The molecule has 0 aliphatic rings. The number of benzene rings is 1. The Labute approximate surface area is 113 Å². The van der Waals surface area contributed by atoms with Crippen molar-refractivity contribution in [2.24, 2.45) is 0 Å². The van der Waals surface area contributed by atoms with Crippen molar-refractivity contribution in [2.75, 3.05) is 0 Å². The summed E-state index contributed by atoms with van der Waals surface area (Å²) in [6, 6.07) is 4.51. The number of carbonyl (C=O) groups is 1. The molecule has 0 bridgehead atoms. The molecule has 1 atom stereocenters. The summed E-state index contributed by atoms with van der Waals surface area (Å²) in [5, 5.41) is 12.5. The van der Waals surface area contributed by atoms with Crippen molar-refractivity contribution in [1.29, 1.82) is 0 Å². The van der Waals surface area contributed by atoms with Gasteiger partial charge in [0, 0.05) is 11.1 Å².